The van der Waals surface area contributed by atoms with Crippen LogP contribution in [0, 0.1) is 5.92 Å². The van der Waals surface area contributed by atoms with Crippen LogP contribution in [0.25, 0.3) is 0 Å². The van der Waals surface area contributed by atoms with Gasteiger partial charge >= 0.3 is 6.03 Å². The largest absolute Gasteiger partial charge is 0.497 e. The predicted molar refractivity (Wildman–Crippen MR) is 86.1 cm³/mol. The Kier molecular flexibility index (Phi) is 5.51. The van der Waals surface area contributed by atoms with Gasteiger partial charge in [0.1, 0.15) is 11.5 Å². The molecule has 1 fully saturated rings. The molecular weight excluding hydrogens is 314 g/mol. The van der Waals surface area contributed by atoms with Gasteiger partial charge in [-0.25, -0.2) is 4.79 Å². The number of rotatable bonds is 6. The molecule has 128 valence electrons. The van der Waals surface area contributed by atoms with Crippen molar-refractivity contribution in [2.45, 2.75) is 19.9 Å². The number of nitrogens with zero attached hydrogens (tertiary/aromatic N) is 1. The van der Waals surface area contributed by atoms with Crippen LogP contribution in [0.4, 0.5) is 4.79 Å². The first-order valence-corrected chi connectivity index (χ1v) is 7.39. The van der Waals surface area contributed by atoms with Crippen molar-refractivity contribution in [3.05, 3.63) is 23.8 Å². The summed E-state index contributed by atoms with van der Waals surface area (Å²) in [6.45, 7) is 2.05. The molecule has 0 unspecified atom stereocenters. The highest BCUT2D eigenvalue weighted by atomic mass is 16.5. The molecule has 1 aliphatic rings. The summed E-state index contributed by atoms with van der Waals surface area (Å²) in [4.78, 5) is 39.3. The molecule has 0 aliphatic carbocycles. The van der Waals surface area contributed by atoms with Gasteiger partial charge in [-0.05, 0) is 24.1 Å². The minimum absolute atomic E-state index is 0.252. The Morgan fingerprint density at radius 2 is 1.58 bits per heavy atom. The van der Waals surface area contributed by atoms with Crippen LogP contribution in [0.2, 0.25) is 0 Å². The van der Waals surface area contributed by atoms with Crippen molar-refractivity contribution in [1.82, 2.24) is 10.6 Å². The lowest BCUT2D eigenvalue weighted by Gasteiger charge is -2.21. The topological polar surface area (TPSA) is 106 Å². The van der Waals surface area contributed by atoms with Crippen LogP contribution in [0.15, 0.2) is 23.2 Å². The first-order chi connectivity index (χ1) is 11.5. The minimum Gasteiger partial charge on any atom is -0.497 e. The van der Waals surface area contributed by atoms with Crippen LogP contribution in [-0.4, -0.2) is 37.8 Å². The highest BCUT2D eigenvalue weighted by molar-refractivity contribution is 6.27. The third-order valence-corrected chi connectivity index (χ3v) is 3.57. The number of carbonyl (C=O) groups is 3. The number of carbonyl (C=O) groups excluding carboxylic acids is 3. The molecule has 0 radical (unpaired) electrons. The second-order valence-corrected chi connectivity index (χ2v) is 5.12. The van der Waals surface area contributed by atoms with Crippen molar-refractivity contribution in [3.8, 4) is 11.5 Å². The number of barbiturate groups is 1. The highest BCUT2D eigenvalue weighted by Crippen LogP contribution is 2.23. The third kappa shape index (κ3) is 3.89. The molecule has 4 amide bonds. The van der Waals surface area contributed by atoms with Gasteiger partial charge in [-0.1, -0.05) is 6.92 Å². The Morgan fingerprint density at radius 1 is 1.04 bits per heavy atom. The van der Waals surface area contributed by atoms with E-state index in [1.54, 1.807) is 39.3 Å². The third-order valence-electron chi connectivity index (χ3n) is 3.57. The van der Waals surface area contributed by atoms with E-state index in [1.165, 1.54) is 0 Å². The number of amides is 4. The van der Waals surface area contributed by atoms with Gasteiger partial charge in [-0.15, -0.1) is 0 Å². The number of benzene rings is 1. The lowest BCUT2D eigenvalue weighted by Crippen LogP contribution is -2.57. The highest BCUT2D eigenvalue weighted by Gasteiger charge is 2.37. The maximum atomic E-state index is 11.9. The van der Waals surface area contributed by atoms with E-state index in [0.29, 0.717) is 23.6 Å². The molecule has 0 spiro atoms. The number of hydrogen-bond donors (Lipinski definition) is 2. The van der Waals surface area contributed by atoms with Crippen molar-refractivity contribution in [3.63, 3.8) is 0 Å². The average molecular weight is 333 g/mol. The van der Waals surface area contributed by atoms with Crippen molar-refractivity contribution in [1.29, 1.82) is 0 Å². The summed E-state index contributed by atoms with van der Waals surface area (Å²) in [5, 5.41) is 4.16. The summed E-state index contributed by atoms with van der Waals surface area (Å²) < 4.78 is 10.4. The molecule has 1 saturated heterocycles. The first kappa shape index (κ1) is 17.5. The molecule has 8 nitrogen and oxygen atoms in total. The number of aliphatic imine (C=N–C) groups is 1. The maximum Gasteiger partial charge on any atom is 0.328 e. The lowest BCUT2D eigenvalue weighted by atomic mass is 9.97. The quantitative estimate of drug-likeness (QED) is 0.597. The van der Waals surface area contributed by atoms with Crippen LogP contribution < -0.4 is 20.1 Å². The van der Waals surface area contributed by atoms with Crippen LogP contribution >= 0.6 is 0 Å². The minimum atomic E-state index is -1.10. The van der Waals surface area contributed by atoms with E-state index >= 15 is 0 Å². The summed E-state index contributed by atoms with van der Waals surface area (Å²) >= 11 is 0. The van der Waals surface area contributed by atoms with Gasteiger partial charge in [0.2, 0.25) is 11.8 Å². The number of nitrogens with one attached hydrogen (secondary N) is 2. The fourth-order valence-electron chi connectivity index (χ4n) is 2.38. The summed E-state index contributed by atoms with van der Waals surface area (Å²) in [6, 6.07) is 4.52. The van der Waals surface area contributed by atoms with E-state index in [2.05, 4.69) is 15.6 Å². The second kappa shape index (κ2) is 7.58. The van der Waals surface area contributed by atoms with E-state index in [-0.39, 0.29) is 6.54 Å². The van der Waals surface area contributed by atoms with E-state index in [4.69, 9.17) is 9.47 Å². The van der Waals surface area contributed by atoms with Gasteiger partial charge in [0, 0.05) is 11.8 Å². The molecule has 2 N–H and O–H groups in total. The Morgan fingerprint density at radius 3 is 2.04 bits per heavy atom. The van der Waals surface area contributed by atoms with Gasteiger partial charge < -0.3 is 9.47 Å². The zero-order chi connectivity index (χ0) is 17.7. The van der Waals surface area contributed by atoms with Crippen LogP contribution in [0.3, 0.4) is 0 Å². The zero-order valence-electron chi connectivity index (χ0n) is 13.7. The Labute approximate surface area is 139 Å². The molecular formula is C16H19N3O5. The molecule has 1 heterocycles. The van der Waals surface area contributed by atoms with Crippen molar-refractivity contribution in [2.75, 3.05) is 14.2 Å². The SMILES string of the molecule is CCC(=NCc1cc(OC)cc(OC)c1)C1C(=O)NC(=O)NC1=O. The molecule has 0 aromatic heterocycles. The standard InChI is InChI=1S/C16H19N3O5/c1-4-12(13-14(20)18-16(22)19-15(13)21)17-8-9-5-10(23-2)7-11(6-9)24-3/h5-7,13H,4,8H2,1-3H3,(H2,18,19,20,21,22). The molecule has 24 heavy (non-hydrogen) atoms. The fourth-order valence-corrected chi connectivity index (χ4v) is 2.38. The van der Waals surface area contributed by atoms with Gasteiger partial charge in [-0.2, -0.15) is 0 Å². The molecule has 0 atom stereocenters. The Hall–Kier alpha value is -2.90. The predicted octanol–water partition coefficient (Wildman–Crippen LogP) is 1.04. The molecule has 1 aromatic rings. The number of hydrogen-bond acceptors (Lipinski definition) is 6. The monoisotopic (exact) mass is 333 g/mol. The molecule has 0 saturated carbocycles. The van der Waals surface area contributed by atoms with Crippen LogP contribution in [0.5, 0.6) is 11.5 Å². The molecule has 1 aromatic carbocycles. The van der Waals surface area contributed by atoms with Gasteiger partial charge in [0.25, 0.3) is 0 Å². The lowest BCUT2D eigenvalue weighted by molar-refractivity contribution is -0.132. The van der Waals surface area contributed by atoms with Crippen molar-refractivity contribution >= 4 is 23.6 Å². The van der Waals surface area contributed by atoms with Crippen molar-refractivity contribution < 1.29 is 23.9 Å². The average Bonchev–Trinajstić information content (AvgIpc) is 2.56. The van der Waals surface area contributed by atoms with Gasteiger partial charge in [0.15, 0.2) is 5.92 Å². The first-order valence-electron chi connectivity index (χ1n) is 7.39. The zero-order valence-corrected chi connectivity index (χ0v) is 13.7. The summed E-state index contributed by atoms with van der Waals surface area (Å²) in [5.41, 5.74) is 1.21. The Bertz CT molecular complexity index is 657. The summed E-state index contributed by atoms with van der Waals surface area (Å²) in [6.07, 6.45) is 0.404. The molecule has 1 aliphatic heterocycles. The number of methoxy groups -OCH3 is 2. The number of ether oxygens (including phenoxy) is 2. The molecule has 2 rings (SSSR count). The van der Waals surface area contributed by atoms with Crippen molar-refractivity contribution in [2.24, 2.45) is 10.9 Å². The number of imide groups is 2. The van der Waals surface area contributed by atoms with E-state index in [0.717, 1.165) is 5.56 Å². The van der Waals surface area contributed by atoms with Crippen LogP contribution in [-0.2, 0) is 16.1 Å². The Balaban J connectivity index is 2.23. The van der Waals surface area contributed by atoms with E-state index < -0.39 is 23.8 Å². The van der Waals surface area contributed by atoms with Gasteiger partial charge in [-0.3, -0.25) is 25.2 Å². The van der Waals surface area contributed by atoms with E-state index in [1.807, 2.05) is 0 Å². The second-order valence-electron chi connectivity index (χ2n) is 5.12. The summed E-state index contributed by atoms with van der Waals surface area (Å²) in [7, 11) is 3.10. The number of urea groups is 1. The normalized spacial score (nSPS) is 15.8. The molecule has 8 heteroatoms. The molecule has 0 bridgehead atoms. The van der Waals surface area contributed by atoms with Crippen LogP contribution in [0.1, 0.15) is 18.9 Å². The summed E-state index contributed by atoms with van der Waals surface area (Å²) in [5.74, 6) is -1.17. The van der Waals surface area contributed by atoms with Gasteiger partial charge in [0.05, 0.1) is 20.8 Å². The maximum absolute atomic E-state index is 11.9. The smallest absolute Gasteiger partial charge is 0.328 e. The van der Waals surface area contributed by atoms with E-state index in [9.17, 15) is 14.4 Å². The fraction of sp³-hybridized carbons (Fsp3) is 0.375.